The van der Waals surface area contributed by atoms with E-state index in [1.54, 1.807) is 24.3 Å². The Balaban J connectivity index is 2.15. The predicted molar refractivity (Wildman–Crippen MR) is 71.2 cm³/mol. The summed E-state index contributed by atoms with van der Waals surface area (Å²) in [6, 6.07) is 12.0. The van der Waals surface area contributed by atoms with Crippen LogP contribution in [0.3, 0.4) is 0 Å². The highest BCUT2D eigenvalue weighted by Crippen LogP contribution is 2.20. The summed E-state index contributed by atoms with van der Waals surface area (Å²) in [5.41, 5.74) is 0.849. The molecule has 0 aromatic heterocycles. The van der Waals surface area contributed by atoms with Crippen LogP contribution in [0.4, 0.5) is 14.5 Å². The third-order valence-corrected chi connectivity index (χ3v) is 2.76. The van der Waals surface area contributed by atoms with Gasteiger partial charge in [-0.25, -0.2) is 8.78 Å². The highest BCUT2D eigenvalue weighted by atomic mass is 19.2. The molecular formula is C15H13F2NO2. The molecule has 3 nitrogen and oxygen atoms in total. The van der Waals surface area contributed by atoms with Crippen molar-refractivity contribution in [3.8, 4) is 0 Å². The first kappa shape index (κ1) is 14.1. The number of carbonyl (C=O) groups is 1. The van der Waals surface area contributed by atoms with Gasteiger partial charge in [0.15, 0.2) is 17.7 Å². The van der Waals surface area contributed by atoms with Gasteiger partial charge in [-0.2, -0.15) is 0 Å². The maximum Gasteiger partial charge on any atom is 0.258 e. The molecule has 5 heteroatoms. The third-order valence-electron chi connectivity index (χ3n) is 2.76. The molecule has 0 heterocycles. The van der Waals surface area contributed by atoms with Gasteiger partial charge in [0.05, 0.1) is 0 Å². The fourth-order valence-corrected chi connectivity index (χ4v) is 1.80. The number of halogens is 2. The van der Waals surface area contributed by atoms with Gasteiger partial charge in [0.2, 0.25) is 0 Å². The van der Waals surface area contributed by atoms with Crippen molar-refractivity contribution in [1.82, 2.24) is 0 Å². The standard InChI is InChI=1S/C15H13F2NO2/c1-20-14(10-5-3-2-4-6-10)15(19)18-11-7-8-12(16)13(17)9-11/h2-9,14H,1H3,(H,18,19)/t14-/m1/s1. The van der Waals surface area contributed by atoms with Gasteiger partial charge in [0.1, 0.15) is 0 Å². The van der Waals surface area contributed by atoms with Crippen molar-refractivity contribution in [3.05, 3.63) is 65.7 Å². The molecule has 1 atom stereocenters. The Morgan fingerprint density at radius 2 is 1.80 bits per heavy atom. The van der Waals surface area contributed by atoms with Crippen LogP contribution < -0.4 is 5.32 Å². The average Bonchev–Trinajstić information content (AvgIpc) is 2.45. The maximum absolute atomic E-state index is 13.1. The number of benzene rings is 2. The zero-order valence-corrected chi connectivity index (χ0v) is 10.8. The van der Waals surface area contributed by atoms with Gasteiger partial charge < -0.3 is 10.1 Å². The first-order chi connectivity index (χ1) is 9.61. The lowest BCUT2D eigenvalue weighted by molar-refractivity contribution is -0.126. The highest BCUT2D eigenvalue weighted by molar-refractivity contribution is 5.94. The van der Waals surface area contributed by atoms with Gasteiger partial charge >= 0.3 is 0 Å². The van der Waals surface area contributed by atoms with Gasteiger partial charge in [-0.1, -0.05) is 30.3 Å². The molecule has 0 bridgehead atoms. The Morgan fingerprint density at radius 3 is 2.40 bits per heavy atom. The summed E-state index contributed by atoms with van der Waals surface area (Å²) in [5.74, 6) is -2.43. The second kappa shape index (κ2) is 6.25. The molecular weight excluding hydrogens is 264 g/mol. The first-order valence-corrected chi connectivity index (χ1v) is 5.95. The summed E-state index contributed by atoms with van der Waals surface area (Å²) in [6.07, 6.45) is -0.815. The van der Waals surface area contributed by atoms with Gasteiger partial charge in [0, 0.05) is 18.9 Å². The zero-order valence-electron chi connectivity index (χ0n) is 10.8. The molecule has 2 aromatic carbocycles. The van der Waals surface area contributed by atoms with Crippen LogP contribution in [0, 0.1) is 11.6 Å². The lowest BCUT2D eigenvalue weighted by atomic mass is 10.1. The van der Waals surface area contributed by atoms with Crippen molar-refractivity contribution in [2.45, 2.75) is 6.10 Å². The predicted octanol–water partition coefficient (Wildman–Crippen LogP) is 3.29. The first-order valence-electron chi connectivity index (χ1n) is 5.95. The number of carbonyl (C=O) groups excluding carboxylic acids is 1. The van der Waals surface area contributed by atoms with Crippen LogP contribution in [0.5, 0.6) is 0 Å². The van der Waals surface area contributed by atoms with Gasteiger partial charge in [-0.15, -0.1) is 0 Å². The fraction of sp³-hybridized carbons (Fsp3) is 0.133. The Kier molecular flexibility index (Phi) is 4.42. The Hall–Kier alpha value is -2.27. The zero-order chi connectivity index (χ0) is 14.5. The van der Waals surface area contributed by atoms with E-state index in [2.05, 4.69) is 5.32 Å². The van der Waals surface area contributed by atoms with Gasteiger partial charge in [-0.3, -0.25) is 4.79 Å². The third kappa shape index (κ3) is 3.19. The van der Waals surface area contributed by atoms with Crippen LogP contribution in [-0.2, 0) is 9.53 Å². The molecule has 2 aromatic rings. The summed E-state index contributed by atoms with van der Waals surface area (Å²) >= 11 is 0. The van der Waals surface area contributed by atoms with Crippen molar-refractivity contribution < 1.29 is 18.3 Å². The maximum atomic E-state index is 13.1. The van der Waals surface area contributed by atoms with Crippen LogP contribution in [0.2, 0.25) is 0 Å². The SMILES string of the molecule is CO[C@@H](C(=O)Nc1ccc(F)c(F)c1)c1ccccc1. The van der Waals surface area contributed by atoms with E-state index in [-0.39, 0.29) is 5.69 Å². The fourth-order valence-electron chi connectivity index (χ4n) is 1.80. The lowest BCUT2D eigenvalue weighted by Crippen LogP contribution is -2.22. The molecule has 0 saturated carbocycles. The molecule has 104 valence electrons. The number of ether oxygens (including phenoxy) is 1. The molecule has 0 radical (unpaired) electrons. The van der Waals surface area contributed by atoms with Crippen molar-refractivity contribution in [2.75, 3.05) is 12.4 Å². The van der Waals surface area contributed by atoms with E-state index in [1.807, 2.05) is 6.07 Å². The van der Waals surface area contributed by atoms with E-state index < -0.39 is 23.6 Å². The number of rotatable bonds is 4. The highest BCUT2D eigenvalue weighted by Gasteiger charge is 2.20. The minimum Gasteiger partial charge on any atom is -0.367 e. The minimum atomic E-state index is -1.02. The van der Waals surface area contributed by atoms with Gasteiger partial charge in [0.25, 0.3) is 5.91 Å². The summed E-state index contributed by atoms with van der Waals surface area (Å²) < 4.78 is 31.0. The molecule has 0 unspecified atom stereocenters. The van der Waals surface area contributed by atoms with Crippen molar-refractivity contribution in [1.29, 1.82) is 0 Å². The molecule has 0 spiro atoms. The molecule has 20 heavy (non-hydrogen) atoms. The van der Waals surface area contributed by atoms with Crippen LogP contribution in [0.15, 0.2) is 48.5 Å². The van der Waals surface area contributed by atoms with E-state index >= 15 is 0 Å². The number of methoxy groups -OCH3 is 1. The molecule has 0 saturated heterocycles. The van der Waals surface area contributed by atoms with Crippen LogP contribution in [0.25, 0.3) is 0 Å². The molecule has 0 aliphatic rings. The summed E-state index contributed by atoms with van der Waals surface area (Å²) in [6.45, 7) is 0. The van der Waals surface area contributed by atoms with Crippen molar-refractivity contribution in [2.24, 2.45) is 0 Å². The number of nitrogens with one attached hydrogen (secondary N) is 1. The molecule has 0 aliphatic carbocycles. The topological polar surface area (TPSA) is 38.3 Å². The van der Waals surface area contributed by atoms with Crippen LogP contribution >= 0.6 is 0 Å². The summed E-state index contributed by atoms with van der Waals surface area (Å²) in [5, 5.41) is 2.49. The van der Waals surface area contributed by atoms with E-state index in [1.165, 1.54) is 13.2 Å². The average molecular weight is 277 g/mol. The smallest absolute Gasteiger partial charge is 0.258 e. The number of anilines is 1. The number of hydrogen-bond donors (Lipinski definition) is 1. The largest absolute Gasteiger partial charge is 0.367 e. The van der Waals surface area contributed by atoms with E-state index in [4.69, 9.17) is 4.74 Å². The molecule has 0 aliphatic heterocycles. The Bertz CT molecular complexity index is 602. The van der Waals surface area contributed by atoms with Crippen LogP contribution in [-0.4, -0.2) is 13.0 Å². The summed E-state index contributed by atoms with van der Waals surface area (Å²) in [4.78, 5) is 12.1. The van der Waals surface area contributed by atoms with E-state index in [0.29, 0.717) is 5.56 Å². The monoisotopic (exact) mass is 277 g/mol. The molecule has 2 rings (SSSR count). The van der Waals surface area contributed by atoms with Crippen LogP contribution in [0.1, 0.15) is 11.7 Å². The lowest BCUT2D eigenvalue weighted by Gasteiger charge is -2.15. The number of amides is 1. The minimum absolute atomic E-state index is 0.173. The quantitative estimate of drug-likeness (QED) is 0.931. The van der Waals surface area contributed by atoms with Crippen molar-refractivity contribution >= 4 is 11.6 Å². The molecule has 1 amide bonds. The second-order valence-electron chi connectivity index (χ2n) is 4.14. The molecule has 0 fully saturated rings. The summed E-state index contributed by atoms with van der Waals surface area (Å²) in [7, 11) is 1.41. The molecule has 1 N–H and O–H groups in total. The van der Waals surface area contributed by atoms with Crippen molar-refractivity contribution in [3.63, 3.8) is 0 Å². The Morgan fingerprint density at radius 1 is 1.10 bits per heavy atom. The van der Waals surface area contributed by atoms with E-state index in [0.717, 1.165) is 12.1 Å². The van der Waals surface area contributed by atoms with E-state index in [9.17, 15) is 13.6 Å². The van der Waals surface area contributed by atoms with Gasteiger partial charge in [-0.05, 0) is 17.7 Å². The Labute approximate surface area is 115 Å². The number of hydrogen-bond acceptors (Lipinski definition) is 2. The normalized spacial score (nSPS) is 11.9. The second-order valence-corrected chi connectivity index (χ2v) is 4.14.